The van der Waals surface area contributed by atoms with Crippen molar-refractivity contribution in [3.8, 4) is 0 Å². The lowest BCUT2D eigenvalue weighted by atomic mass is 10.1. The first-order valence-electron chi connectivity index (χ1n) is 8.36. The predicted molar refractivity (Wildman–Crippen MR) is 84.8 cm³/mol. The summed E-state index contributed by atoms with van der Waals surface area (Å²) < 4.78 is 0. The van der Waals surface area contributed by atoms with Crippen LogP contribution in [0.15, 0.2) is 12.2 Å². The SMILES string of the molecule is [CH2]CCC=CCCCCCCCCCCCCC. The lowest BCUT2D eigenvalue weighted by Gasteiger charge is -2.01. The monoisotopic (exact) mass is 251 g/mol. The van der Waals surface area contributed by atoms with Crippen molar-refractivity contribution < 1.29 is 0 Å². The van der Waals surface area contributed by atoms with E-state index >= 15 is 0 Å². The quantitative estimate of drug-likeness (QED) is 0.234. The molecular formula is C18H35. The third-order valence-electron chi connectivity index (χ3n) is 3.51. The van der Waals surface area contributed by atoms with E-state index in [9.17, 15) is 0 Å². The molecule has 0 rings (SSSR count). The highest BCUT2D eigenvalue weighted by Gasteiger charge is 1.92. The number of hydrogen-bond donors (Lipinski definition) is 0. The molecule has 0 amide bonds. The van der Waals surface area contributed by atoms with Gasteiger partial charge >= 0.3 is 0 Å². The molecule has 0 spiro atoms. The van der Waals surface area contributed by atoms with Crippen molar-refractivity contribution in [2.45, 2.75) is 96.8 Å². The van der Waals surface area contributed by atoms with Crippen molar-refractivity contribution in [2.75, 3.05) is 0 Å². The maximum absolute atomic E-state index is 3.83. The molecule has 0 N–H and O–H groups in total. The average Bonchev–Trinajstić information content (AvgIpc) is 2.39. The van der Waals surface area contributed by atoms with Crippen molar-refractivity contribution in [1.29, 1.82) is 0 Å². The second-order valence-corrected chi connectivity index (χ2v) is 5.44. The van der Waals surface area contributed by atoms with E-state index in [1.54, 1.807) is 0 Å². The Kier molecular flexibility index (Phi) is 16.5. The third kappa shape index (κ3) is 15.7. The molecule has 0 atom stereocenters. The largest absolute Gasteiger partial charge is 0.0885 e. The Morgan fingerprint density at radius 1 is 0.611 bits per heavy atom. The van der Waals surface area contributed by atoms with Gasteiger partial charge < -0.3 is 0 Å². The van der Waals surface area contributed by atoms with E-state index in [4.69, 9.17) is 0 Å². The van der Waals surface area contributed by atoms with Crippen LogP contribution in [-0.4, -0.2) is 0 Å². The molecule has 0 fully saturated rings. The highest BCUT2D eigenvalue weighted by atomic mass is 14.0. The molecule has 0 bridgehead atoms. The molecule has 0 unspecified atom stereocenters. The summed E-state index contributed by atoms with van der Waals surface area (Å²) in [6, 6.07) is 0. The smallest absolute Gasteiger partial charge is 0.0351 e. The number of hydrogen-bond acceptors (Lipinski definition) is 0. The normalized spacial score (nSPS) is 11.4. The second-order valence-electron chi connectivity index (χ2n) is 5.44. The number of rotatable bonds is 14. The average molecular weight is 251 g/mol. The van der Waals surface area contributed by atoms with Gasteiger partial charge in [-0.05, 0) is 25.7 Å². The Hall–Kier alpha value is -0.260. The van der Waals surface area contributed by atoms with Gasteiger partial charge in [-0.3, -0.25) is 0 Å². The van der Waals surface area contributed by atoms with Crippen LogP contribution in [0.5, 0.6) is 0 Å². The molecule has 0 heterocycles. The Labute approximate surface area is 116 Å². The molecule has 0 saturated carbocycles. The standard InChI is InChI=1S/C18H35/c1-3-5-7-9-11-13-15-17-18-16-14-12-10-8-6-4-2/h7,9H,1,3-6,8,10-18H2,2H3. The first kappa shape index (κ1) is 17.7. The van der Waals surface area contributed by atoms with Gasteiger partial charge in [0.1, 0.15) is 0 Å². The molecule has 107 valence electrons. The summed E-state index contributed by atoms with van der Waals surface area (Å²) >= 11 is 0. The number of allylic oxidation sites excluding steroid dienone is 2. The van der Waals surface area contributed by atoms with Crippen molar-refractivity contribution in [3.63, 3.8) is 0 Å². The predicted octanol–water partition coefficient (Wildman–Crippen LogP) is 6.86. The molecule has 0 aliphatic heterocycles. The fourth-order valence-electron chi connectivity index (χ4n) is 2.28. The van der Waals surface area contributed by atoms with Crippen LogP contribution >= 0.6 is 0 Å². The van der Waals surface area contributed by atoms with E-state index in [1.807, 2.05) is 0 Å². The summed E-state index contributed by atoms with van der Waals surface area (Å²) in [5.41, 5.74) is 0. The topological polar surface area (TPSA) is 0 Å². The lowest BCUT2D eigenvalue weighted by Crippen LogP contribution is -1.81. The van der Waals surface area contributed by atoms with Gasteiger partial charge in [0.15, 0.2) is 0 Å². The lowest BCUT2D eigenvalue weighted by molar-refractivity contribution is 0.550. The van der Waals surface area contributed by atoms with Gasteiger partial charge in [-0.25, -0.2) is 0 Å². The molecule has 0 aromatic carbocycles. The fraction of sp³-hybridized carbons (Fsp3) is 0.833. The van der Waals surface area contributed by atoms with Crippen LogP contribution in [-0.2, 0) is 0 Å². The zero-order chi connectivity index (χ0) is 13.3. The van der Waals surface area contributed by atoms with E-state index in [-0.39, 0.29) is 0 Å². The third-order valence-corrected chi connectivity index (χ3v) is 3.51. The minimum absolute atomic E-state index is 1.04. The van der Waals surface area contributed by atoms with E-state index in [0.29, 0.717) is 0 Å². The van der Waals surface area contributed by atoms with Crippen molar-refractivity contribution in [2.24, 2.45) is 0 Å². The van der Waals surface area contributed by atoms with Gasteiger partial charge in [-0.2, -0.15) is 0 Å². The van der Waals surface area contributed by atoms with Crippen LogP contribution < -0.4 is 0 Å². The molecule has 1 radical (unpaired) electrons. The van der Waals surface area contributed by atoms with E-state index in [1.165, 1.54) is 77.0 Å². The summed E-state index contributed by atoms with van der Waals surface area (Å²) in [6.45, 7) is 6.12. The Bertz CT molecular complexity index is 157. The molecule has 0 nitrogen and oxygen atoms in total. The van der Waals surface area contributed by atoms with E-state index in [0.717, 1.165) is 12.8 Å². The number of unbranched alkanes of at least 4 members (excludes halogenated alkanes) is 12. The molecule has 0 heteroatoms. The van der Waals surface area contributed by atoms with Gasteiger partial charge in [0, 0.05) is 0 Å². The Balaban J connectivity index is 2.94. The van der Waals surface area contributed by atoms with Crippen LogP contribution in [0.1, 0.15) is 96.8 Å². The summed E-state index contributed by atoms with van der Waals surface area (Å²) in [5, 5.41) is 0. The molecule has 0 saturated heterocycles. The molecule has 0 aliphatic rings. The van der Waals surface area contributed by atoms with Crippen LogP contribution in [0, 0.1) is 6.92 Å². The molecule has 0 aromatic rings. The molecule has 18 heavy (non-hydrogen) atoms. The van der Waals surface area contributed by atoms with Crippen LogP contribution in [0.25, 0.3) is 0 Å². The summed E-state index contributed by atoms with van der Waals surface area (Å²) in [6.07, 6.45) is 23.9. The fourth-order valence-corrected chi connectivity index (χ4v) is 2.28. The van der Waals surface area contributed by atoms with Gasteiger partial charge in [-0.15, -0.1) is 0 Å². The van der Waals surface area contributed by atoms with Crippen LogP contribution in [0.2, 0.25) is 0 Å². The maximum Gasteiger partial charge on any atom is -0.0351 e. The maximum atomic E-state index is 3.83. The van der Waals surface area contributed by atoms with Gasteiger partial charge in [0.2, 0.25) is 0 Å². The molecular weight excluding hydrogens is 216 g/mol. The zero-order valence-electron chi connectivity index (χ0n) is 12.8. The minimum atomic E-state index is 1.04. The Morgan fingerprint density at radius 3 is 1.56 bits per heavy atom. The van der Waals surface area contributed by atoms with E-state index in [2.05, 4.69) is 26.0 Å². The van der Waals surface area contributed by atoms with Crippen LogP contribution in [0.3, 0.4) is 0 Å². The van der Waals surface area contributed by atoms with E-state index < -0.39 is 0 Å². The molecule has 0 aliphatic carbocycles. The van der Waals surface area contributed by atoms with Gasteiger partial charge in [0.25, 0.3) is 0 Å². The van der Waals surface area contributed by atoms with Crippen LogP contribution in [0.4, 0.5) is 0 Å². The second kappa shape index (κ2) is 16.7. The highest BCUT2D eigenvalue weighted by Crippen LogP contribution is 2.12. The summed E-state index contributed by atoms with van der Waals surface area (Å²) in [7, 11) is 0. The van der Waals surface area contributed by atoms with Gasteiger partial charge in [-0.1, -0.05) is 90.2 Å². The minimum Gasteiger partial charge on any atom is -0.0885 e. The van der Waals surface area contributed by atoms with Crippen molar-refractivity contribution >= 4 is 0 Å². The first-order valence-corrected chi connectivity index (χ1v) is 8.36. The van der Waals surface area contributed by atoms with Crippen molar-refractivity contribution in [3.05, 3.63) is 19.1 Å². The first-order chi connectivity index (χ1) is 8.91. The Morgan fingerprint density at radius 2 is 1.06 bits per heavy atom. The van der Waals surface area contributed by atoms with Crippen molar-refractivity contribution in [1.82, 2.24) is 0 Å². The highest BCUT2D eigenvalue weighted by molar-refractivity contribution is 4.81. The zero-order valence-corrected chi connectivity index (χ0v) is 12.8. The summed E-state index contributed by atoms with van der Waals surface area (Å²) in [4.78, 5) is 0. The molecule has 0 aromatic heterocycles. The van der Waals surface area contributed by atoms with Gasteiger partial charge in [0.05, 0.1) is 0 Å². The summed E-state index contributed by atoms with van der Waals surface area (Å²) in [5.74, 6) is 0.